The second-order valence-corrected chi connectivity index (χ2v) is 5.33. The van der Waals surface area contributed by atoms with Crippen LogP contribution in [0.25, 0.3) is 10.2 Å². The Hall–Kier alpha value is -1.20. The summed E-state index contributed by atoms with van der Waals surface area (Å²) in [6.07, 6.45) is 5.07. The molecule has 0 bridgehead atoms. The van der Waals surface area contributed by atoms with Crippen LogP contribution in [-0.4, -0.2) is 22.1 Å². The molecule has 0 aromatic carbocycles. The third kappa shape index (κ3) is 1.66. The van der Waals surface area contributed by atoms with Crippen LogP contribution in [-0.2, 0) is 0 Å². The number of nitrogens with zero attached hydrogens (tertiary/aromatic N) is 2. The number of fused-ring (bicyclic) bond motifs is 1. The molecular formula is C11H14N4S. The molecule has 16 heavy (non-hydrogen) atoms. The summed E-state index contributed by atoms with van der Waals surface area (Å²) in [7, 11) is 0. The van der Waals surface area contributed by atoms with E-state index in [0.717, 1.165) is 35.4 Å². The van der Waals surface area contributed by atoms with Crippen LogP contribution in [0.15, 0.2) is 17.8 Å². The Morgan fingerprint density at radius 3 is 3.06 bits per heavy atom. The quantitative estimate of drug-likeness (QED) is 0.852. The zero-order valence-corrected chi connectivity index (χ0v) is 9.76. The Labute approximate surface area is 97.9 Å². The largest absolute Gasteiger partial charge is 0.368 e. The molecule has 0 spiro atoms. The minimum atomic E-state index is -0.0205. The van der Waals surface area contributed by atoms with Crippen molar-refractivity contribution < 1.29 is 0 Å². The molecular weight excluding hydrogens is 220 g/mol. The molecule has 2 heterocycles. The van der Waals surface area contributed by atoms with E-state index in [1.54, 1.807) is 17.7 Å². The van der Waals surface area contributed by atoms with Crippen molar-refractivity contribution in [1.82, 2.24) is 9.97 Å². The molecule has 3 rings (SSSR count). The van der Waals surface area contributed by atoms with Crippen LogP contribution in [0.2, 0.25) is 0 Å². The minimum absolute atomic E-state index is 0.0205. The Morgan fingerprint density at radius 2 is 2.31 bits per heavy atom. The van der Waals surface area contributed by atoms with Gasteiger partial charge in [-0.3, -0.25) is 0 Å². The van der Waals surface area contributed by atoms with Crippen molar-refractivity contribution in [3.8, 4) is 0 Å². The lowest BCUT2D eigenvalue weighted by molar-refractivity contribution is 0.265. The van der Waals surface area contributed by atoms with Gasteiger partial charge in [-0.1, -0.05) is 0 Å². The zero-order chi connectivity index (χ0) is 11.0. The van der Waals surface area contributed by atoms with E-state index >= 15 is 0 Å². The maximum atomic E-state index is 6.17. The van der Waals surface area contributed by atoms with Gasteiger partial charge < -0.3 is 11.1 Å². The average Bonchev–Trinajstić information content (AvgIpc) is 2.72. The summed E-state index contributed by atoms with van der Waals surface area (Å²) in [5.41, 5.74) is 6.15. The number of aromatic nitrogens is 2. The monoisotopic (exact) mass is 234 g/mol. The SMILES string of the molecule is NC1(CNc2ncnc3sccc23)CCC1. The highest BCUT2D eigenvalue weighted by atomic mass is 32.1. The molecule has 1 aliphatic carbocycles. The molecule has 0 amide bonds. The number of hydrogen-bond acceptors (Lipinski definition) is 5. The van der Waals surface area contributed by atoms with Crippen molar-refractivity contribution in [1.29, 1.82) is 0 Å². The van der Waals surface area contributed by atoms with Crippen molar-refractivity contribution in [2.24, 2.45) is 5.73 Å². The van der Waals surface area contributed by atoms with E-state index in [1.807, 2.05) is 11.4 Å². The predicted octanol–water partition coefficient (Wildman–Crippen LogP) is 1.98. The van der Waals surface area contributed by atoms with E-state index < -0.39 is 0 Å². The number of thiophene rings is 1. The van der Waals surface area contributed by atoms with Gasteiger partial charge in [-0.2, -0.15) is 0 Å². The van der Waals surface area contributed by atoms with E-state index in [1.165, 1.54) is 6.42 Å². The van der Waals surface area contributed by atoms with Crippen LogP contribution in [0.1, 0.15) is 19.3 Å². The fourth-order valence-electron chi connectivity index (χ4n) is 2.00. The van der Waals surface area contributed by atoms with Gasteiger partial charge in [0.15, 0.2) is 0 Å². The molecule has 2 aromatic rings. The summed E-state index contributed by atoms with van der Waals surface area (Å²) >= 11 is 1.63. The summed E-state index contributed by atoms with van der Waals surface area (Å²) in [5.74, 6) is 0.906. The molecule has 0 saturated heterocycles. The maximum absolute atomic E-state index is 6.17. The molecule has 5 heteroatoms. The number of hydrogen-bond donors (Lipinski definition) is 2. The Balaban J connectivity index is 1.81. The highest BCUT2D eigenvalue weighted by molar-refractivity contribution is 7.16. The lowest BCUT2D eigenvalue weighted by Gasteiger charge is -2.38. The van der Waals surface area contributed by atoms with Gasteiger partial charge in [0.1, 0.15) is 17.0 Å². The molecule has 2 aromatic heterocycles. The highest BCUT2D eigenvalue weighted by Crippen LogP contribution is 2.30. The second-order valence-electron chi connectivity index (χ2n) is 4.43. The van der Waals surface area contributed by atoms with Crippen LogP contribution < -0.4 is 11.1 Å². The van der Waals surface area contributed by atoms with E-state index in [4.69, 9.17) is 5.73 Å². The van der Waals surface area contributed by atoms with Crippen molar-refractivity contribution in [2.45, 2.75) is 24.8 Å². The van der Waals surface area contributed by atoms with Crippen LogP contribution in [0.5, 0.6) is 0 Å². The predicted molar refractivity (Wildman–Crippen MR) is 66.7 cm³/mol. The van der Waals surface area contributed by atoms with E-state index in [0.29, 0.717) is 0 Å². The standard InChI is InChI=1S/C11H14N4S/c12-11(3-1-4-11)6-13-9-8-2-5-16-10(8)15-7-14-9/h2,5,7H,1,3-4,6,12H2,(H,13,14,15). The molecule has 1 aliphatic rings. The lowest BCUT2D eigenvalue weighted by Crippen LogP contribution is -2.52. The number of rotatable bonds is 3. The smallest absolute Gasteiger partial charge is 0.138 e. The number of nitrogens with one attached hydrogen (secondary N) is 1. The van der Waals surface area contributed by atoms with Crippen LogP contribution in [0, 0.1) is 0 Å². The lowest BCUT2D eigenvalue weighted by atomic mass is 9.78. The van der Waals surface area contributed by atoms with Crippen molar-refractivity contribution >= 4 is 27.4 Å². The molecule has 0 aliphatic heterocycles. The molecule has 84 valence electrons. The summed E-state index contributed by atoms with van der Waals surface area (Å²) in [5, 5.41) is 6.47. The first kappa shape index (κ1) is 9.99. The fraction of sp³-hybridized carbons (Fsp3) is 0.455. The van der Waals surface area contributed by atoms with Gasteiger partial charge in [0.25, 0.3) is 0 Å². The average molecular weight is 234 g/mol. The first-order valence-corrected chi connectivity index (χ1v) is 6.36. The van der Waals surface area contributed by atoms with Gasteiger partial charge in [0, 0.05) is 12.1 Å². The Morgan fingerprint density at radius 1 is 1.44 bits per heavy atom. The first-order chi connectivity index (χ1) is 7.77. The summed E-state index contributed by atoms with van der Waals surface area (Å²) in [6, 6.07) is 2.05. The van der Waals surface area contributed by atoms with Crippen LogP contribution in [0.3, 0.4) is 0 Å². The van der Waals surface area contributed by atoms with Gasteiger partial charge in [-0.15, -0.1) is 11.3 Å². The summed E-state index contributed by atoms with van der Waals surface area (Å²) in [4.78, 5) is 9.51. The number of nitrogens with two attached hydrogens (primary N) is 1. The molecule has 4 nitrogen and oxygen atoms in total. The molecule has 3 N–H and O–H groups in total. The van der Waals surface area contributed by atoms with Crippen LogP contribution in [0.4, 0.5) is 5.82 Å². The van der Waals surface area contributed by atoms with Gasteiger partial charge in [0.05, 0.1) is 5.39 Å². The molecule has 0 atom stereocenters. The van der Waals surface area contributed by atoms with E-state index in [2.05, 4.69) is 15.3 Å². The van der Waals surface area contributed by atoms with Crippen LogP contribution >= 0.6 is 11.3 Å². The fourth-order valence-corrected chi connectivity index (χ4v) is 2.73. The second kappa shape index (κ2) is 3.68. The summed E-state index contributed by atoms with van der Waals surface area (Å²) in [6.45, 7) is 0.801. The zero-order valence-electron chi connectivity index (χ0n) is 8.94. The molecule has 1 fully saturated rings. The van der Waals surface area contributed by atoms with Gasteiger partial charge in [0.2, 0.25) is 0 Å². The highest BCUT2D eigenvalue weighted by Gasteiger charge is 2.32. The third-order valence-corrected chi connectivity index (χ3v) is 4.04. The molecule has 0 radical (unpaired) electrons. The molecule has 0 unspecified atom stereocenters. The van der Waals surface area contributed by atoms with Gasteiger partial charge >= 0.3 is 0 Å². The first-order valence-electron chi connectivity index (χ1n) is 5.48. The van der Waals surface area contributed by atoms with Gasteiger partial charge in [-0.05, 0) is 30.7 Å². The number of anilines is 1. The third-order valence-electron chi connectivity index (χ3n) is 3.22. The Bertz CT molecular complexity index is 503. The van der Waals surface area contributed by atoms with E-state index in [-0.39, 0.29) is 5.54 Å². The van der Waals surface area contributed by atoms with Crippen molar-refractivity contribution in [3.05, 3.63) is 17.8 Å². The minimum Gasteiger partial charge on any atom is -0.368 e. The van der Waals surface area contributed by atoms with Gasteiger partial charge in [-0.25, -0.2) is 9.97 Å². The van der Waals surface area contributed by atoms with Crippen molar-refractivity contribution in [3.63, 3.8) is 0 Å². The maximum Gasteiger partial charge on any atom is 0.138 e. The Kier molecular flexibility index (Phi) is 2.29. The van der Waals surface area contributed by atoms with E-state index in [9.17, 15) is 0 Å². The topological polar surface area (TPSA) is 63.8 Å². The molecule has 1 saturated carbocycles. The summed E-state index contributed by atoms with van der Waals surface area (Å²) < 4.78 is 0. The van der Waals surface area contributed by atoms with Crippen molar-refractivity contribution in [2.75, 3.05) is 11.9 Å². The normalized spacial score (nSPS) is 18.3.